The number of aliphatic hydroxyl groups is 1. The van der Waals surface area contributed by atoms with E-state index in [1.807, 2.05) is 31.2 Å². The number of carbonyl (C=O) groups is 1. The smallest absolute Gasteiger partial charge is 0.220 e. The largest absolute Gasteiger partial charge is 0.491 e. The molecule has 0 aliphatic carbocycles. The molecule has 0 aliphatic rings. The molecule has 0 fully saturated rings. The second-order valence-electron chi connectivity index (χ2n) is 5.71. The fourth-order valence-electron chi connectivity index (χ4n) is 2.11. The lowest BCUT2D eigenvalue weighted by Gasteiger charge is -2.13. The predicted octanol–water partition coefficient (Wildman–Crippen LogP) is 2.62. The Morgan fingerprint density at radius 3 is 2.50 bits per heavy atom. The van der Waals surface area contributed by atoms with E-state index in [1.54, 1.807) is 0 Å². The van der Waals surface area contributed by atoms with E-state index in [4.69, 9.17) is 4.74 Å². The van der Waals surface area contributed by atoms with Crippen LogP contribution in [-0.4, -0.2) is 30.3 Å². The summed E-state index contributed by atoms with van der Waals surface area (Å²) in [6, 6.07) is 13.6. The summed E-state index contributed by atoms with van der Waals surface area (Å²) in [4.78, 5) is 11.8. The average Bonchev–Trinajstić information content (AvgIpc) is 2.59. The van der Waals surface area contributed by atoms with Crippen molar-refractivity contribution in [3.63, 3.8) is 0 Å². The Morgan fingerprint density at radius 1 is 1.17 bits per heavy atom. The summed E-state index contributed by atoms with van der Waals surface area (Å²) >= 11 is 0. The highest BCUT2D eigenvalue weighted by atomic mass is 19.1. The highest BCUT2D eigenvalue weighted by Crippen LogP contribution is 2.11. The molecule has 0 radical (unpaired) electrons. The lowest BCUT2D eigenvalue weighted by Crippen LogP contribution is -2.35. The van der Waals surface area contributed by atoms with Gasteiger partial charge in [-0.15, -0.1) is 0 Å². The quantitative estimate of drug-likeness (QED) is 0.782. The van der Waals surface area contributed by atoms with Crippen LogP contribution in [0.15, 0.2) is 48.5 Å². The van der Waals surface area contributed by atoms with Crippen LogP contribution in [0.25, 0.3) is 0 Å². The number of hydrogen-bond donors (Lipinski definition) is 2. The molecule has 0 spiro atoms. The van der Waals surface area contributed by atoms with Crippen molar-refractivity contribution in [2.45, 2.75) is 25.9 Å². The fourth-order valence-corrected chi connectivity index (χ4v) is 2.11. The van der Waals surface area contributed by atoms with Crippen molar-refractivity contribution in [3.8, 4) is 5.75 Å². The fraction of sp³-hybridized carbons (Fsp3) is 0.316. The normalized spacial score (nSPS) is 11.8. The molecule has 0 aromatic heterocycles. The Bertz CT molecular complexity index is 641. The molecule has 0 heterocycles. The Labute approximate surface area is 141 Å². The molecule has 2 aromatic rings. The summed E-state index contributed by atoms with van der Waals surface area (Å²) in [5.74, 6) is 0.0151. The Balaban J connectivity index is 1.63. The number of hydrogen-bond acceptors (Lipinski definition) is 3. The predicted molar refractivity (Wildman–Crippen MR) is 90.4 cm³/mol. The molecule has 0 bridgehead atoms. The molecule has 0 aliphatic heterocycles. The van der Waals surface area contributed by atoms with E-state index in [-0.39, 0.29) is 24.9 Å². The first-order valence-corrected chi connectivity index (χ1v) is 7.91. The van der Waals surface area contributed by atoms with Crippen LogP contribution in [0.5, 0.6) is 5.75 Å². The van der Waals surface area contributed by atoms with Crippen molar-refractivity contribution in [2.75, 3.05) is 13.2 Å². The Morgan fingerprint density at radius 2 is 1.83 bits per heavy atom. The third kappa shape index (κ3) is 6.38. The van der Waals surface area contributed by atoms with Gasteiger partial charge in [0, 0.05) is 13.0 Å². The van der Waals surface area contributed by atoms with Gasteiger partial charge in [-0.25, -0.2) is 4.39 Å². The van der Waals surface area contributed by atoms with E-state index < -0.39 is 6.10 Å². The van der Waals surface area contributed by atoms with Gasteiger partial charge in [0.05, 0.1) is 0 Å². The van der Waals surface area contributed by atoms with Gasteiger partial charge in [0.1, 0.15) is 24.3 Å². The zero-order chi connectivity index (χ0) is 17.4. The van der Waals surface area contributed by atoms with Gasteiger partial charge in [0.25, 0.3) is 0 Å². The van der Waals surface area contributed by atoms with Crippen molar-refractivity contribution in [1.29, 1.82) is 0 Å². The number of carbonyl (C=O) groups excluding carboxylic acids is 1. The van der Waals surface area contributed by atoms with Crippen molar-refractivity contribution in [3.05, 3.63) is 65.5 Å². The number of halogens is 1. The number of benzene rings is 2. The zero-order valence-electron chi connectivity index (χ0n) is 13.7. The molecular weight excluding hydrogens is 309 g/mol. The van der Waals surface area contributed by atoms with Gasteiger partial charge in [0.2, 0.25) is 5.91 Å². The number of aliphatic hydroxyl groups excluding tert-OH is 1. The summed E-state index contributed by atoms with van der Waals surface area (Å²) in [5.41, 5.74) is 2.29. The molecule has 2 rings (SSSR count). The maximum atomic E-state index is 12.8. The highest BCUT2D eigenvalue weighted by molar-refractivity contribution is 5.76. The molecule has 128 valence electrons. The van der Waals surface area contributed by atoms with Crippen LogP contribution in [0.3, 0.4) is 0 Å². The first-order valence-electron chi connectivity index (χ1n) is 7.91. The van der Waals surface area contributed by atoms with Crippen LogP contribution in [-0.2, 0) is 11.2 Å². The van der Waals surface area contributed by atoms with E-state index in [2.05, 4.69) is 5.32 Å². The van der Waals surface area contributed by atoms with Gasteiger partial charge in [-0.1, -0.05) is 29.8 Å². The topological polar surface area (TPSA) is 58.6 Å². The van der Waals surface area contributed by atoms with Crippen LogP contribution in [0.4, 0.5) is 4.39 Å². The summed E-state index contributed by atoms with van der Waals surface area (Å²) in [7, 11) is 0. The first kappa shape index (κ1) is 17.9. The SMILES string of the molecule is Cc1ccc(CCC(=O)NCC(O)COc2ccc(F)cc2)cc1. The minimum absolute atomic E-state index is 0.0316. The van der Waals surface area contributed by atoms with Gasteiger partial charge in [-0.2, -0.15) is 0 Å². The molecule has 24 heavy (non-hydrogen) atoms. The van der Waals surface area contributed by atoms with Crippen LogP contribution in [0.1, 0.15) is 17.5 Å². The van der Waals surface area contributed by atoms with Gasteiger partial charge < -0.3 is 15.2 Å². The van der Waals surface area contributed by atoms with Crippen molar-refractivity contribution in [2.24, 2.45) is 0 Å². The maximum Gasteiger partial charge on any atom is 0.220 e. The van der Waals surface area contributed by atoms with E-state index in [0.717, 1.165) is 5.56 Å². The molecule has 4 nitrogen and oxygen atoms in total. The van der Waals surface area contributed by atoms with Crippen LogP contribution in [0.2, 0.25) is 0 Å². The lowest BCUT2D eigenvalue weighted by molar-refractivity contribution is -0.121. The summed E-state index contributed by atoms with van der Waals surface area (Å²) in [6.45, 7) is 2.17. The molecule has 0 saturated carbocycles. The number of nitrogens with one attached hydrogen (secondary N) is 1. The molecule has 1 atom stereocenters. The number of ether oxygens (including phenoxy) is 1. The number of rotatable bonds is 8. The van der Waals surface area contributed by atoms with Gasteiger partial charge >= 0.3 is 0 Å². The van der Waals surface area contributed by atoms with Gasteiger partial charge in [0.15, 0.2) is 0 Å². The van der Waals surface area contributed by atoms with Gasteiger partial charge in [-0.05, 0) is 43.2 Å². The third-order valence-electron chi connectivity index (χ3n) is 3.55. The molecule has 1 amide bonds. The van der Waals surface area contributed by atoms with Crippen molar-refractivity contribution >= 4 is 5.91 Å². The molecular formula is C19H22FNO3. The number of amides is 1. The highest BCUT2D eigenvalue weighted by Gasteiger charge is 2.08. The van der Waals surface area contributed by atoms with Crippen LogP contribution >= 0.6 is 0 Å². The standard InChI is InChI=1S/C19H22FNO3/c1-14-2-4-15(5-3-14)6-11-19(23)21-12-17(22)13-24-18-9-7-16(20)8-10-18/h2-5,7-10,17,22H,6,11-13H2,1H3,(H,21,23). The van der Waals surface area contributed by atoms with E-state index >= 15 is 0 Å². The lowest BCUT2D eigenvalue weighted by atomic mass is 10.1. The minimum atomic E-state index is -0.821. The maximum absolute atomic E-state index is 12.8. The second kappa shape index (κ2) is 9.03. The molecule has 0 saturated heterocycles. The third-order valence-corrected chi connectivity index (χ3v) is 3.55. The summed E-state index contributed by atoms with van der Waals surface area (Å²) < 4.78 is 18.1. The molecule has 5 heteroatoms. The number of aryl methyl sites for hydroxylation is 2. The summed E-state index contributed by atoms with van der Waals surface area (Å²) in [6.07, 6.45) is 0.210. The van der Waals surface area contributed by atoms with E-state index in [0.29, 0.717) is 18.6 Å². The van der Waals surface area contributed by atoms with Gasteiger partial charge in [-0.3, -0.25) is 4.79 Å². The Hall–Kier alpha value is -2.40. The minimum Gasteiger partial charge on any atom is -0.491 e. The van der Waals surface area contributed by atoms with E-state index in [1.165, 1.54) is 29.8 Å². The average molecular weight is 331 g/mol. The monoisotopic (exact) mass is 331 g/mol. The van der Waals surface area contributed by atoms with Crippen LogP contribution in [0, 0.1) is 12.7 Å². The molecule has 2 N–H and O–H groups in total. The van der Waals surface area contributed by atoms with Crippen LogP contribution < -0.4 is 10.1 Å². The second-order valence-corrected chi connectivity index (χ2v) is 5.71. The Kier molecular flexibility index (Phi) is 6.75. The summed E-state index contributed by atoms with van der Waals surface area (Å²) in [5, 5.41) is 12.5. The first-order chi connectivity index (χ1) is 11.5. The van der Waals surface area contributed by atoms with E-state index in [9.17, 15) is 14.3 Å². The molecule has 1 unspecified atom stereocenters. The molecule has 2 aromatic carbocycles. The van der Waals surface area contributed by atoms with Crippen molar-refractivity contribution in [1.82, 2.24) is 5.32 Å². The van der Waals surface area contributed by atoms with Crippen molar-refractivity contribution < 1.29 is 19.0 Å². The zero-order valence-corrected chi connectivity index (χ0v) is 13.7.